The number of nitrogens with one attached hydrogen (secondary N) is 1. The summed E-state index contributed by atoms with van der Waals surface area (Å²) in [6, 6.07) is 4.87. The van der Waals surface area contributed by atoms with Gasteiger partial charge < -0.3 is 10.4 Å². The third kappa shape index (κ3) is 2.88. The molecule has 0 spiro atoms. The largest absolute Gasteiger partial charge is 0.478 e. The second kappa shape index (κ2) is 5.21. The zero-order valence-electron chi connectivity index (χ0n) is 11.2. The van der Waals surface area contributed by atoms with Gasteiger partial charge in [-0.25, -0.2) is 4.79 Å². The third-order valence-electron chi connectivity index (χ3n) is 3.31. The molecule has 1 aromatic carbocycles. The van der Waals surface area contributed by atoms with E-state index in [1.54, 1.807) is 19.1 Å². The molecule has 4 nitrogen and oxygen atoms in total. The molecule has 0 heterocycles. The lowest BCUT2D eigenvalue weighted by molar-refractivity contribution is -0.124. The van der Waals surface area contributed by atoms with Gasteiger partial charge in [-0.3, -0.25) is 4.79 Å². The van der Waals surface area contributed by atoms with Crippen LogP contribution in [0.4, 0.5) is 5.69 Å². The van der Waals surface area contributed by atoms with Crippen molar-refractivity contribution in [3.05, 3.63) is 29.3 Å². The second-order valence-electron chi connectivity index (χ2n) is 4.97. The number of carbonyl (C=O) groups excluding carboxylic acids is 1. The first-order chi connectivity index (χ1) is 8.29. The molecule has 1 aromatic rings. The first-order valence-corrected chi connectivity index (χ1v) is 5.94. The van der Waals surface area contributed by atoms with Crippen molar-refractivity contribution in [2.24, 2.45) is 5.41 Å². The molecule has 0 aliphatic rings. The monoisotopic (exact) mass is 249 g/mol. The van der Waals surface area contributed by atoms with E-state index >= 15 is 0 Å². The fourth-order valence-electron chi connectivity index (χ4n) is 1.45. The molecule has 4 heteroatoms. The average Bonchev–Trinajstić information content (AvgIpc) is 2.31. The Morgan fingerprint density at radius 3 is 2.44 bits per heavy atom. The first kappa shape index (κ1) is 14.2. The normalized spacial score (nSPS) is 11.1. The molecule has 1 amide bonds. The van der Waals surface area contributed by atoms with Crippen molar-refractivity contribution in [2.45, 2.75) is 34.1 Å². The summed E-state index contributed by atoms with van der Waals surface area (Å²) in [7, 11) is 0. The first-order valence-electron chi connectivity index (χ1n) is 5.94. The van der Waals surface area contributed by atoms with E-state index in [0.29, 0.717) is 11.3 Å². The van der Waals surface area contributed by atoms with Crippen molar-refractivity contribution >= 4 is 17.6 Å². The SMILES string of the molecule is CCC(C)(C)C(=O)Nc1cccc(C(=O)O)c1C. The number of amides is 1. The Kier molecular flexibility index (Phi) is 4.11. The van der Waals surface area contributed by atoms with Gasteiger partial charge in [0.1, 0.15) is 0 Å². The fourth-order valence-corrected chi connectivity index (χ4v) is 1.45. The van der Waals surface area contributed by atoms with E-state index in [0.717, 1.165) is 6.42 Å². The van der Waals surface area contributed by atoms with Crippen LogP contribution in [0.5, 0.6) is 0 Å². The fraction of sp³-hybridized carbons (Fsp3) is 0.429. The van der Waals surface area contributed by atoms with Crippen LogP contribution in [-0.4, -0.2) is 17.0 Å². The van der Waals surface area contributed by atoms with Gasteiger partial charge in [-0.05, 0) is 31.0 Å². The van der Waals surface area contributed by atoms with Gasteiger partial charge >= 0.3 is 5.97 Å². The number of rotatable bonds is 4. The van der Waals surface area contributed by atoms with E-state index in [1.807, 2.05) is 20.8 Å². The van der Waals surface area contributed by atoms with E-state index in [2.05, 4.69) is 5.32 Å². The molecule has 0 aliphatic carbocycles. The Labute approximate surface area is 107 Å². The molecule has 0 aliphatic heterocycles. The van der Waals surface area contributed by atoms with Crippen LogP contribution in [0.2, 0.25) is 0 Å². The molecule has 2 N–H and O–H groups in total. The van der Waals surface area contributed by atoms with Crippen molar-refractivity contribution in [3.8, 4) is 0 Å². The number of benzene rings is 1. The Morgan fingerprint density at radius 2 is 1.94 bits per heavy atom. The van der Waals surface area contributed by atoms with Crippen molar-refractivity contribution < 1.29 is 14.7 Å². The minimum Gasteiger partial charge on any atom is -0.478 e. The topological polar surface area (TPSA) is 66.4 Å². The van der Waals surface area contributed by atoms with Crippen molar-refractivity contribution in [2.75, 3.05) is 5.32 Å². The molecule has 0 saturated heterocycles. The van der Waals surface area contributed by atoms with E-state index in [-0.39, 0.29) is 11.5 Å². The number of carbonyl (C=O) groups is 2. The summed E-state index contributed by atoms with van der Waals surface area (Å²) >= 11 is 0. The van der Waals surface area contributed by atoms with Gasteiger partial charge in [0.25, 0.3) is 0 Å². The second-order valence-corrected chi connectivity index (χ2v) is 4.97. The molecule has 0 saturated carbocycles. The summed E-state index contributed by atoms with van der Waals surface area (Å²) < 4.78 is 0. The van der Waals surface area contributed by atoms with Crippen LogP contribution in [-0.2, 0) is 4.79 Å². The molecule has 98 valence electrons. The average molecular weight is 249 g/mol. The van der Waals surface area contributed by atoms with Crippen LogP contribution in [0.25, 0.3) is 0 Å². The quantitative estimate of drug-likeness (QED) is 0.861. The Hall–Kier alpha value is -1.84. The lowest BCUT2D eigenvalue weighted by atomic mass is 9.89. The molecule has 0 fully saturated rings. The van der Waals surface area contributed by atoms with Crippen molar-refractivity contribution in [1.82, 2.24) is 0 Å². The van der Waals surface area contributed by atoms with Crippen LogP contribution in [0, 0.1) is 12.3 Å². The van der Waals surface area contributed by atoms with Crippen LogP contribution < -0.4 is 5.32 Å². The lowest BCUT2D eigenvalue weighted by Gasteiger charge is -2.22. The Bertz CT molecular complexity index is 478. The molecule has 18 heavy (non-hydrogen) atoms. The summed E-state index contributed by atoms with van der Waals surface area (Å²) in [6.45, 7) is 7.36. The number of hydrogen-bond acceptors (Lipinski definition) is 2. The smallest absolute Gasteiger partial charge is 0.336 e. The molecule has 0 unspecified atom stereocenters. The number of hydrogen-bond donors (Lipinski definition) is 2. The number of carboxylic acid groups (broad SMARTS) is 1. The van der Waals surface area contributed by atoms with E-state index in [9.17, 15) is 9.59 Å². The van der Waals surface area contributed by atoms with Gasteiger partial charge in [-0.15, -0.1) is 0 Å². The minimum atomic E-state index is -0.988. The number of carboxylic acids is 1. The zero-order valence-corrected chi connectivity index (χ0v) is 11.2. The summed E-state index contributed by atoms with van der Waals surface area (Å²) in [6.07, 6.45) is 0.719. The summed E-state index contributed by atoms with van der Waals surface area (Å²) in [5.74, 6) is -1.09. The summed E-state index contributed by atoms with van der Waals surface area (Å²) in [4.78, 5) is 23.0. The predicted molar refractivity (Wildman–Crippen MR) is 70.8 cm³/mol. The Balaban J connectivity index is 3.03. The highest BCUT2D eigenvalue weighted by Gasteiger charge is 2.26. The molecule has 0 atom stereocenters. The highest BCUT2D eigenvalue weighted by molar-refractivity contribution is 5.98. The van der Waals surface area contributed by atoms with Gasteiger partial charge in [0.15, 0.2) is 0 Å². The molecular formula is C14H19NO3. The highest BCUT2D eigenvalue weighted by atomic mass is 16.4. The predicted octanol–water partition coefficient (Wildman–Crippen LogP) is 3.07. The van der Waals surface area contributed by atoms with E-state index < -0.39 is 11.4 Å². The highest BCUT2D eigenvalue weighted by Crippen LogP contribution is 2.25. The Morgan fingerprint density at radius 1 is 1.33 bits per heavy atom. The third-order valence-corrected chi connectivity index (χ3v) is 3.31. The maximum atomic E-state index is 12.0. The van der Waals surface area contributed by atoms with Gasteiger partial charge in [-0.2, -0.15) is 0 Å². The zero-order chi connectivity index (χ0) is 13.9. The van der Waals surface area contributed by atoms with E-state index in [1.165, 1.54) is 6.07 Å². The maximum Gasteiger partial charge on any atom is 0.336 e. The number of aromatic carboxylic acids is 1. The van der Waals surface area contributed by atoms with Gasteiger partial charge in [0, 0.05) is 11.1 Å². The summed E-state index contributed by atoms with van der Waals surface area (Å²) in [5.41, 5.74) is 0.875. The molecule has 0 aromatic heterocycles. The van der Waals surface area contributed by atoms with Crippen LogP contribution in [0.3, 0.4) is 0 Å². The van der Waals surface area contributed by atoms with E-state index in [4.69, 9.17) is 5.11 Å². The molecule has 0 bridgehead atoms. The molecular weight excluding hydrogens is 230 g/mol. The van der Waals surface area contributed by atoms with Crippen LogP contribution in [0.15, 0.2) is 18.2 Å². The summed E-state index contributed by atoms with van der Waals surface area (Å²) in [5, 5.41) is 11.8. The minimum absolute atomic E-state index is 0.101. The van der Waals surface area contributed by atoms with Gasteiger partial charge in [-0.1, -0.05) is 26.8 Å². The lowest BCUT2D eigenvalue weighted by Crippen LogP contribution is -2.30. The molecule has 0 radical (unpaired) electrons. The van der Waals surface area contributed by atoms with Crippen LogP contribution >= 0.6 is 0 Å². The van der Waals surface area contributed by atoms with Gasteiger partial charge in [0.2, 0.25) is 5.91 Å². The van der Waals surface area contributed by atoms with Crippen molar-refractivity contribution in [3.63, 3.8) is 0 Å². The molecule has 1 rings (SSSR count). The standard InChI is InChI=1S/C14H19NO3/c1-5-14(3,4)13(18)15-11-8-6-7-10(9(11)2)12(16)17/h6-8H,5H2,1-4H3,(H,15,18)(H,16,17). The van der Waals surface area contributed by atoms with Crippen molar-refractivity contribution in [1.29, 1.82) is 0 Å². The van der Waals surface area contributed by atoms with Gasteiger partial charge in [0.05, 0.1) is 5.56 Å². The maximum absolute atomic E-state index is 12.0. The van der Waals surface area contributed by atoms with Crippen LogP contribution in [0.1, 0.15) is 43.1 Å². The number of anilines is 1.